The van der Waals surface area contributed by atoms with E-state index in [1.807, 2.05) is 4.90 Å². The summed E-state index contributed by atoms with van der Waals surface area (Å²) in [6.07, 6.45) is 4.46. The molecule has 2 heterocycles. The van der Waals surface area contributed by atoms with Gasteiger partial charge in [-0.25, -0.2) is 0 Å². The first-order valence-corrected chi connectivity index (χ1v) is 6.11. The summed E-state index contributed by atoms with van der Waals surface area (Å²) in [5, 5.41) is 3.28. The van der Waals surface area contributed by atoms with Gasteiger partial charge < -0.3 is 10.2 Å². The second kappa shape index (κ2) is 4.12. The van der Waals surface area contributed by atoms with Gasteiger partial charge in [0.05, 0.1) is 6.04 Å². The Balaban J connectivity index is 1.87. The standard InChI is InChI=1S/C12H22N2O/c1-12(2)5-8-14(9-6-12)11(15)10-4-3-7-13-10/h10,13H,3-9H2,1-2H3. The van der Waals surface area contributed by atoms with Gasteiger partial charge in [0.2, 0.25) is 5.91 Å². The highest BCUT2D eigenvalue weighted by molar-refractivity contribution is 5.82. The molecular formula is C12H22N2O. The maximum atomic E-state index is 12.1. The number of carbonyl (C=O) groups is 1. The Morgan fingerprint density at radius 2 is 2.00 bits per heavy atom. The number of carbonyl (C=O) groups excluding carboxylic acids is 1. The zero-order chi connectivity index (χ0) is 10.9. The number of likely N-dealkylation sites (tertiary alicyclic amines) is 1. The summed E-state index contributed by atoms with van der Waals surface area (Å²) in [6, 6.07) is 0.117. The highest BCUT2D eigenvalue weighted by Gasteiger charge is 2.32. The number of hydrogen-bond donors (Lipinski definition) is 1. The van der Waals surface area contributed by atoms with Crippen LogP contribution in [-0.4, -0.2) is 36.5 Å². The second-order valence-electron chi connectivity index (χ2n) is 5.64. The molecule has 0 bridgehead atoms. The third-order valence-corrected chi connectivity index (χ3v) is 3.79. The molecule has 86 valence electrons. The number of piperidine rings is 1. The Kier molecular flexibility index (Phi) is 3.01. The van der Waals surface area contributed by atoms with Gasteiger partial charge in [-0.2, -0.15) is 0 Å². The van der Waals surface area contributed by atoms with Crippen molar-refractivity contribution >= 4 is 5.91 Å². The van der Waals surface area contributed by atoms with E-state index in [1.165, 1.54) is 0 Å². The number of nitrogens with zero attached hydrogens (tertiary/aromatic N) is 1. The third-order valence-electron chi connectivity index (χ3n) is 3.79. The predicted octanol–water partition coefficient (Wildman–Crippen LogP) is 1.39. The molecule has 2 saturated heterocycles. The topological polar surface area (TPSA) is 32.3 Å². The molecule has 3 heteroatoms. The van der Waals surface area contributed by atoms with E-state index >= 15 is 0 Å². The van der Waals surface area contributed by atoms with Crippen LogP contribution < -0.4 is 5.32 Å². The first-order valence-electron chi connectivity index (χ1n) is 6.11. The summed E-state index contributed by atoms with van der Waals surface area (Å²) in [5.74, 6) is 0.336. The molecule has 1 amide bonds. The summed E-state index contributed by atoms with van der Waals surface area (Å²) in [4.78, 5) is 14.1. The molecular weight excluding hydrogens is 188 g/mol. The lowest BCUT2D eigenvalue weighted by atomic mass is 9.82. The molecule has 2 aliphatic heterocycles. The first-order chi connectivity index (χ1) is 7.08. The first kappa shape index (κ1) is 10.9. The van der Waals surface area contributed by atoms with Gasteiger partial charge in [0.15, 0.2) is 0 Å². The molecule has 0 aromatic carbocycles. The van der Waals surface area contributed by atoms with Crippen LogP contribution in [0.5, 0.6) is 0 Å². The van der Waals surface area contributed by atoms with Crippen LogP contribution in [0.3, 0.4) is 0 Å². The average molecular weight is 210 g/mol. The number of nitrogens with one attached hydrogen (secondary N) is 1. The van der Waals surface area contributed by atoms with Crippen molar-refractivity contribution in [2.24, 2.45) is 5.41 Å². The Morgan fingerprint density at radius 1 is 1.33 bits per heavy atom. The van der Waals surface area contributed by atoms with Crippen LogP contribution >= 0.6 is 0 Å². The lowest BCUT2D eigenvalue weighted by molar-refractivity contribution is -0.135. The molecule has 1 unspecified atom stereocenters. The minimum absolute atomic E-state index is 0.117. The highest BCUT2D eigenvalue weighted by atomic mass is 16.2. The monoisotopic (exact) mass is 210 g/mol. The molecule has 2 aliphatic rings. The summed E-state index contributed by atoms with van der Waals surface area (Å²) in [7, 11) is 0. The highest BCUT2D eigenvalue weighted by Crippen LogP contribution is 2.30. The molecule has 2 fully saturated rings. The van der Waals surface area contributed by atoms with Crippen molar-refractivity contribution in [2.45, 2.75) is 45.6 Å². The molecule has 0 radical (unpaired) electrons. The molecule has 0 aromatic heterocycles. The van der Waals surface area contributed by atoms with E-state index in [0.29, 0.717) is 11.3 Å². The molecule has 1 N–H and O–H groups in total. The number of amides is 1. The fourth-order valence-electron chi connectivity index (χ4n) is 2.45. The van der Waals surface area contributed by atoms with Crippen molar-refractivity contribution in [3.05, 3.63) is 0 Å². The van der Waals surface area contributed by atoms with Crippen molar-refractivity contribution in [1.29, 1.82) is 0 Å². The van der Waals surface area contributed by atoms with E-state index in [4.69, 9.17) is 0 Å². The fourth-order valence-corrected chi connectivity index (χ4v) is 2.45. The van der Waals surface area contributed by atoms with Crippen LogP contribution in [0.15, 0.2) is 0 Å². The molecule has 0 aromatic rings. The van der Waals surface area contributed by atoms with E-state index in [9.17, 15) is 4.79 Å². The third kappa shape index (κ3) is 2.51. The van der Waals surface area contributed by atoms with Crippen LogP contribution in [0, 0.1) is 5.41 Å². The van der Waals surface area contributed by atoms with Crippen LogP contribution in [0.1, 0.15) is 39.5 Å². The van der Waals surface area contributed by atoms with Crippen LogP contribution in [0.25, 0.3) is 0 Å². The van der Waals surface area contributed by atoms with Gasteiger partial charge in [0, 0.05) is 13.1 Å². The maximum absolute atomic E-state index is 12.1. The molecule has 2 rings (SSSR count). The lowest BCUT2D eigenvalue weighted by Crippen LogP contribution is -2.48. The summed E-state index contributed by atoms with van der Waals surface area (Å²) in [5.41, 5.74) is 0.430. The van der Waals surface area contributed by atoms with Crippen LogP contribution in [0.2, 0.25) is 0 Å². The zero-order valence-electron chi connectivity index (χ0n) is 9.88. The smallest absolute Gasteiger partial charge is 0.239 e. The quantitative estimate of drug-likeness (QED) is 0.709. The number of rotatable bonds is 1. The van der Waals surface area contributed by atoms with Gasteiger partial charge in [-0.15, -0.1) is 0 Å². The van der Waals surface area contributed by atoms with Gasteiger partial charge in [-0.05, 0) is 37.6 Å². The van der Waals surface area contributed by atoms with Crippen molar-refractivity contribution in [1.82, 2.24) is 10.2 Å². The summed E-state index contributed by atoms with van der Waals surface area (Å²) in [6.45, 7) is 7.50. The lowest BCUT2D eigenvalue weighted by Gasteiger charge is -2.37. The van der Waals surface area contributed by atoms with Crippen LogP contribution in [0.4, 0.5) is 0 Å². The second-order valence-corrected chi connectivity index (χ2v) is 5.64. The Labute approximate surface area is 92.2 Å². The van der Waals surface area contributed by atoms with Gasteiger partial charge >= 0.3 is 0 Å². The van der Waals surface area contributed by atoms with Gasteiger partial charge in [0.25, 0.3) is 0 Å². The Morgan fingerprint density at radius 3 is 2.53 bits per heavy atom. The maximum Gasteiger partial charge on any atom is 0.239 e. The normalized spacial score (nSPS) is 30.5. The predicted molar refractivity (Wildman–Crippen MR) is 60.6 cm³/mol. The van der Waals surface area contributed by atoms with Crippen LogP contribution in [-0.2, 0) is 4.79 Å². The molecule has 1 atom stereocenters. The summed E-state index contributed by atoms with van der Waals surface area (Å²) >= 11 is 0. The minimum atomic E-state index is 0.117. The Bertz CT molecular complexity index is 234. The average Bonchev–Trinajstić information content (AvgIpc) is 2.69. The Hall–Kier alpha value is -0.570. The SMILES string of the molecule is CC1(C)CCN(C(=O)C2CCCN2)CC1. The zero-order valence-corrected chi connectivity index (χ0v) is 9.88. The summed E-state index contributed by atoms with van der Waals surface area (Å²) < 4.78 is 0. The minimum Gasteiger partial charge on any atom is -0.341 e. The number of hydrogen-bond acceptors (Lipinski definition) is 2. The van der Waals surface area contributed by atoms with Gasteiger partial charge in [-0.1, -0.05) is 13.8 Å². The van der Waals surface area contributed by atoms with E-state index < -0.39 is 0 Å². The molecule has 0 saturated carbocycles. The van der Waals surface area contributed by atoms with E-state index in [2.05, 4.69) is 19.2 Å². The van der Waals surface area contributed by atoms with Crippen molar-refractivity contribution in [3.8, 4) is 0 Å². The molecule has 0 aliphatic carbocycles. The molecule has 15 heavy (non-hydrogen) atoms. The fraction of sp³-hybridized carbons (Fsp3) is 0.917. The van der Waals surface area contributed by atoms with E-state index in [-0.39, 0.29) is 6.04 Å². The van der Waals surface area contributed by atoms with Crippen molar-refractivity contribution in [2.75, 3.05) is 19.6 Å². The van der Waals surface area contributed by atoms with E-state index in [1.54, 1.807) is 0 Å². The van der Waals surface area contributed by atoms with Gasteiger partial charge in [-0.3, -0.25) is 4.79 Å². The van der Waals surface area contributed by atoms with Gasteiger partial charge in [0.1, 0.15) is 0 Å². The largest absolute Gasteiger partial charge is 0.341 e. The van der Waals surface area contributed by atoms with Crippen molar-refractivity contribution < 1.29 is 4.79 Å². The van der Waals surface area contributed by atoms with E-state index in [0.717, 1.165) is 45.3 Å². The molecule has 3 nitrogen and oxygen atoms in total. The van der Waals surface area contributed by atoms with Crippen molar-refractivity contribution in [3.63, 3.8) is 0 Å². The molecule has 0 spiro atoms.